The Kier molecular flexibility index (Phi) is 6.51. The molecule has 3 heterocycles. The van der Waals surface area contributed by atoms with E-state index in [1.165, 1.54) is 4.68 Å². The molecule has 0 saturated heterocycles. The lowest BCUT2D eigenvalue weighted by Gasteiger charge is -2.13. The molecule has 0 atom stereocenters. The number of aromatic nitrogens is 5. The van der Waals surface area contributed by atoms with Crippen LogP contribution in [-0.2, 0) is 6.61 Å². The molecule has 0 aliphatic rings. The fraction of sp³-hybridized carbons (Fsp3) is 0.179. The zero-order valence-electron chi connectivity index (χ0n) is 21.0. The molecule has 0 unspecified atom stereocenters. The van der Waals surface area contributed by atoms with Crippen molar-refractivity contribution in [2.24, 2.45) is 0 Å². The van der Waals surface area contributed by atoms with Crippen LogP contribution in [0.5, 0.6) is 11.5 Å². The lowest BCUT2D eigenvalue weighted by atomic mass is 10.2. The molecule has 3 aromatic heterocycles. The van der Waals surface area contributed by atoms with Crippen LogP contribution >= 0.6 is 0 Å². The summed E-state index contributed by atoms with van der Waals surface area (Å²) in [6.45, 7) is 5.80. The van der Waals surface area contributed by atoms with Gasteiger partial charge in [-0.05, 0) is 51.1 Å². The average molecular weight is 495 g/mol. The Morgan fingerprint density at radius 2 is 1.70 bits per heavy atom. The number of aryl methyl sites for hydroxylation is 3. The second-order valence-electron chi connectivity index (χ2n) is 8.63. The molecule has 1 amide bonds. The molecular weight excluding hydrogens is 468 g/mol. The number of nitrogens with one attached hydrogen (secondary N) is 1. The predicted molar refractivity (Wildman–Crippen MR) is 140 cm³/mol. The van der Waals surface area contributed by atoms with E-state index in [0.29, 0.717) is 34.4 Å². The number of hydrogen-bond donors (Lipinski definition) is 1. The van der Waals surface area contributed by atoms with Crippen LogP contribution in [0.3, 0.4) is 0 Å². The highest BCUT2D eigenvalue weighted by molar-refractivity contribution is 6.05. The van der Waals surface area contributed by atoms with Crippen molar-refractivity contribution in [3.63, 3.8) is 0 Å². The molecule has 37 heavy (non-hydrogen) atoms. The van der Waals surface area contributed by atoms with Gasteiger partial charge in [0.05, 0.1) is 29.6 Å². The molecule has 1 N–H and O–H groups in total. The van der Waals surface area contributed by atoms with Gasteiger partial charge >= 0.3 is 0 Å². The molecule has 2 aromatic carbocycles. The lowest BCUT2D eigenvalue weighted by Crippen LogP contribution is -2.12. The van der Waals surface area contributed by atoms with Gasteiger partial charge in [0, 0.05) is 34.7 Å². The molecule has 5 rings (SSSR count). The first-order valence-corrected chi connectivity index (χ1v) is 11.8. The quantitative estimate of drug-likeness (QED) is 0.340. The molecule has 186 valence electrons. The van der Waals surface area contributed by atoms with Crippen molar-refractivity contribution in [3.8, 4) is 17.4 Å². The van der Waals surface area contributed by atoms with Gasteiger partial charge in [-0.1, -0.05) is 24.3 Å². The van der Waals surface area contributed by atoms with E-state index < -0.39 is 0 Å². The first-order valence-electron chi connectivity index (χ1n) is 11.8. The van der Waals surface area contributed by atoms with Crippen molar-refractivity contribution >= 4 is 22.5 Å². The average Bonchev–Trinajstić information content (AvgIpc) is 3.28. The summed E-state index contributed by atoms with van der Waals surface area (Å²) >= 11 is 0. The third kappa shape index (κ3) is 5.25. The van der Waals surface area contributed by atoms with Crippen molar-refractivity contribution < 1.29 is 14.3 Å². The summed E-state index contributed by atoms with van der Waals surface area (Å²) in [5.41, 5.74) is 4.87. The number of fused-ring (bicyclic) bond motifs is 1. The third-order valence-corrected chi connectivity index (χ3v) is 5.77. The molecule has 0 radical (unpaired) electrons. The maximum absolute atomic E-state index is 13.1. The number of carbonyl (C=O) groups excluding carboxylic acids is 1. The minimum atomic E-state index is -0.305. The van der Waals surface area contributed by atoms with Gasteiger partial charge in [-0.3, -0.25) is 4.79 Å². The largest absolute Gasteiger partial charge is 0.493 e. The highest BCUT2D eigenvalue weighted by Crippen LogP contribution is 2.31. The molecule has 0 aliphatic heterocycles. The monoisotopic (exact) mass is 494 g/mol. The Hall–Kier alpha value is -4.79. The number of methoxy groups -OCH3 is 1. The first kappa shape index (κ1) is 23.9. The number of pyridine rings is 1. The van der Waals surface area contributed by atoms with Crippen LogP contribution in [0.1, 0.15) is 33.1 Å². The van der Waals surface area contributed by atoms with Crippen LogP contribution in [0.4, 0.5) is 5.69 Å². The summed E-state index contributed by atoms with van der Waals surface area (Å²) in [4.78, 5) is 26.6. The Bertz CT molecular complexity index is 1590. The number of ether oxygens (including phenoxy) is 2. The third-order valence-electron chi connectivity index (χ3n) is 5.77. The second kappa shape index (κ2) is 10.1. The maximum Gasteiger partial charge on any atom is 0.259 e. The van der Waals surface area contributed by atoms with Crippen molar-refractivity contribution in [1.29, 1.82) is 0 Å². The van der Waals surface area contributed by atoms with Gasteiger partial charge in [-0.15, -0.1) is 0 Å². The minimum absolute atomic E-state index is 0.250. The summed E-state index contributed by atoms with van der Waals surface area (Å²) in [6, 6.07) is 19.0. The van der Waals surface area contributed by atoms with E-state index in [1.807, 2.05) is 56.3 Å². The number of carbonyl (C=O) groups is 1. The van der Waals surface area contributed by atoms with Gasteiger partial charge in [0.2, 0.25) is 0 Å². The SMILES string of the molecule is COc1ccc(NC(=O)c2cn(-c3nc(C)cc(C)n3)nc2C)cc1OCc1ccc2ccccc2n1. The maximum atomic E-state index is 13.1. The smallest absolute Gasteiger partial charge is 0.259 e. The molecule has 0 spiro atoms. The van der Waals surface area contributed by atoms with Crippen molar-refractivity contribution in [2.75, 3.05) is 12.4 Å². The molecule has 0 fully saturated rings. The van der Waals surface area contributed by atoms with E-state index in [0.717, 1.165) is 28.0 Å². The van der Waals surface area contributed by atoms with Crippen LogP contribution in [0.15, 0.2) is 66.9 Å². The van der Waals surface area contributed by atoms with E-state index in [9.17, 15) is 4.79 Å². The Labute approximate surface area is 214 Å². The molecule has 0 saturated carbocycles. The molecule has 9 nitrogen and oxygen atoms in total. The van der Waals surface area contributed by atoms with Gasteiger partial charge in [0.25, 0.3) is 11.9 Å². The molecule has 0 bridgehead atoms. The molecular formula is C28H26N6O3. The fourth-order valence-corrected chi connectivity index (χ4v) is 4.00. The van der Waals surface area contributed by atoms with Crippen molar-refractivity contribution in [2.45, 2.75) is 27.4 Å². The van der Waals surface area contributed by atoms with Gasteiger partial charge in [-0.25, -0.2) is 19.6 Å². The van der Waals surface area contributed by atoms with Crippen LogP contribution < -0.4 is 14.8 Å². The highest BCUT2D eigenvalue weighted by Gasteiger charge is 2.17. The van der Waals surface area contributed by atoms with Crippen LogP contribution in [-0.4, -0.2) is 37.7 Å². The molecule has 9 heteroatoms. The van der Waals surface area contributed by atoms with E-state index in [1.54, 1.807) is 38.4 Å². The van der Waals surface area contributed by atoms with Crippen molar-refractivity contribution in [1.82, 2.24) is 24.7 Å². The van der Waals surface area contributed by atoms with Crippen LogP contribution in [0.2, 0.25) is 0 Å². The zero-order chi connectivity index (χ0) is 25.9. The molecule has 5 aromatic rings. The lowest BCUT2D eigenvalue weighted by molar-refractivity contribution is 0.102. The number of anilines is 1. The van der Waals surface area contributed by atoms with Gasteiger partial charge < -0.3 is 14.8 Å². The number of benzene rings is 2. The fourth-order valence-electron chi connectivity index (χ4n) is 4.00. The zero-order valence-corrected chi connectivity index (χ0v) is 21.0. The van der Waals surface area contributed by atoms with Gasteiger partial charge in [0.15, 0.2) is 11.5 Å². The van der Waals surface area contributed by atoms with Crippen LogP contribution in [0, 0.1) is 20.8 Å². The summed E-state index contributed by atoms with van der Waals surface area (Å²) in [5, 5.41) is 8.42. The van der Waals surface area contributed by atoms with Gasteiger partial charge in [-0.2, -0.15) is 5.10 Å². The van der Waals surface area contributed by atoms with Crippen LogP contribution in [0.25, 0.3) is 16.9 Å². The number of rotatable bonds is 7. The second-order valence-corrected chi connectivity index (χ2v) is 8.63. The normalized spacial score (nSPS) is 10.9. The van der Waals surface area contributed by atoms with E-state index in [4.69, 9.17) is 9.47 Å². The topological polar surface area (TPSA) is 104 Å². The summed E-state index contributed by atoms with van der Waals surface area (Å²) in [5.74, 6) is 1.16. The Morgan fingerprint density at radius 1 is 0.919 bits per heavy atom. The highest BCUT2D eigenvalue weighted by atomic mass is 16.5. The summed E-state index contributed by atoms with van der Waals surface area (Å²) in [6.07, 6.45) is 1.63. The number of amides is 1. The Morgan fingerprint density at radius 3 is 2.49 bits per heavy atom. The summed E-state index contributed by atoms with van der Waals surface area (Å²) < 4.78 is 13.0. The van der Waals surface area contributed by atoms with E-state index in [2.05, 4.69) is 25.4 Å². The van der Waals surface area contributed by atoms with Crippen molar-refractivity contribution in [3.05, 3.63) is 95.2 Å². The minimum Gasteiger partial charge on any atom is -0.493 e. The van der Waals surface area contributed by atoms with Gasteiger partial charge in [0.1, 0.15) is 6.61 Å². The van der Waals surface area contributed by atoms with E-state index in [-0.39, 0.29) is 12.5 Å². The number of hydrogen-bond acceptors (Lipinski definition) is 7. The predicted octanol–water partition coefficient (Wildman–Crippen LogP) is 4.98. The molecule has 0 aliphatic carbocycles. The standard InChI is InChI=1S/C28H26N6O3/c1-17-13-18(2)30-28(29-17)34-15-23(19(3)33-34)27(35)32-21-11-12-25(36-4)26(14-21)37-16-22-10-9-20-7-5-6-8-24(20)31-22/h5-15H,16H2,1-4H3,(H,32,35). The van der Waals surface area contributed by atoms with E-state index >= 15 is 0 Å². The first-order chi connectivity index (χ1) is 17.9. The Balaban J connectivity index is 1.33. The summed E-state index contributed by atoms with van der Waals surface area (Å²) in [7, 11) is 1.57. The number of para-hydroxylation sites is 1. The number of nitrogens with zero attached hydrogens (tertiary/aromatic N) is 5.